The van der Waals surface area contributed by atoms with E-state index in [2.05, 4.69) is 10.6 Å². The lowest BCUT2D eigenvalue weighted by atomic mass is 10.1. The van der Waals surface area contributed by atoms with Crippen molar-refractivity contribution >= 4 is 17.5 Å². The normalized spacial score (nSPS) is 13.8. The molecule has 0 saturated heterocycles. The Labute approximate surface area is 118 Å². The van der Waals surface area contributed by atoms with Gasteiger partial charge in [0.1, 0.15) is 0 Å². The molecule has 0 atom stereocenters. The summed E-state index contributed by atoms with van der Waals surface area (Å²) in [5.74, 6) is -0.0181. The molecule has 1 fully saturated rings. The molecule has 0 radical (unpaired) electrons. The summed E-state index contributed by atoms with van der Waals surface area (Å²) in [6, 6.07) is 7.73. The van der Waals surface area contributed by atoms with Crippen LogP contribution in [0.3, 0.4) is 0 Å². The molecule has 0 aliphatic heterocycles. The Morgan fingerprint density at radius 3 is 2.50 bits per heavy atom. The highest BCUT2D eigenvalue weighted by molar-refractivity contribution is 5.90. The molecule has 5 heteroatoms. The Balaban J connectivity index is 1.79. The molecule has 20 heavy (non-hydrogen) atoms. The number of carbonyl (C=O) groups is 2. The van der Waals surface area contributed by atoms with Gasteiger partial charge in [-0.25, -0.2) is 0 Å². The standard InChI is InChI=1S/C15H20N2O3/c1-20-9-8-14(18)16-12-4-2-11(3-5-12)10-15(19)17-13-6-7-13/h2-5,13H,6-10H2,1H3,(H,16,18)(H,17,19). The van der Waals surface area contributed by atoms with Gasteiger partial charge in [0.15, 0.2) is 0 Å². The number of hydrogen-bond donors (Lipinski definition) is 2. The third-order valence-electron chi connectivity index (χ3n) is 3.08. The summed E-state index contributed by atoms with van der Waals surface area (Å²) in [4.78, 5) is 23.2. The highest BCUT2D eigenvalue weighted by Gasteiger charge is 2.22. The third-order valence-corrected chi connectivity index (χ3v) is 3.08. The highest BCUT2D eigenvalue weighted by Crippen LogP contribution is 2.19. The number of methoxy groups -OCH3 is 1. The maximum atomic E-state index is 11.6. The Morgan fingerprint density at radius 2 is 1.90 bits per heavy atom. The number of amides is 2. The summed E-state index contributed by atoms with van der Waals surface area (Å²) in [7, 11) is 1.56. The molecule has 1 aliphatic carbocycles. The van der Waals surface area contributed by atoms with Crippen LogP contribution in [-0.4, -0.2) is 31.6 Å². The van der Waals surface area contributed by atoms with Crippen LogP contribution in [0.4, 0.5) is 5.69 Å². The molecule has 1 aromatic rings. The van der Waals surface area contributed by atoms with Gasteiger partial charge < -0.3 is 15.4 Å². The molecule has 2 amide bonds. The summed E-state index contributed by atoms with van der Waals surface area (Å²) in [5, 5.41) is 5.73. The number of ether oxygens (including phenoxy) is 1. The minimum atomic E-state index is -0.0777. The molecule has 1 aromatic carbocycles. The topological polar surface area (TPSA) is 67.4 Å². The molecular formula is C15H20N2O3. The van der Waals surface area contributed by atoms with E-state index in [-0.39, 0.29) is 11.8 Å². The fourth-order valence-electron chi connectivity index (χ4n) is 1.82. The Morgan fingerprint density at radius 1 is 1.20 bits per heavy atom. The molecular weight excluding hydrogens is 256 g/mol. The molecule has 5 nitrogen and oxygen atoms in total. The predicted octanol–water partition coefficient (Wildman–Crippen LogP) is 1.48. The molecule has 2 N–H and O–H groups in total. The van der Waals surface area contributed by atoms with Crippen molar-refractivity contribution in [3.8, 4) is 0 Å². The van der Waals surface area contributed by atoms with Crippen molar-refractivity contribution < 1.29 is 14.3 Å². The van der Waals surface area contributed by atoms with Gasteiger partial charge >= 0.3 is 0 Å². The summed E-state index contributed by atoms with van der Waals surface area (Å²) in [5.41, 5.74) is 1.68. The van der Waals surface area contributed by atoms with E-state index in [1.54, 1.807) is 7.11 Å². The first kappa shape index (κ1) is 14.5. The van der Waals surface area contributed by atoms with Crippen molar-refractivity contribution in [3.05, 3.63) is 29.8 Å². The van der Waals surface area contributed by atoms with E-state index < -0.39 is 0 Å². The van der Waals surface area contributed by atoms with Crippen molar-refractivity contribution in [2.75, 3.05) is 19.0 Å². The lowest BCUT2D eigenvalue weighted by Crippen LogP contribution is -2.26. The van der Waals surface area contributed by atoms with Gasteiger partial charge in [-0.15, -0.1) is 0 Å². The Bertz CT molecular complexity index is 467. The second-order valence-electron chi connectivity index (χ2n) is 5.01. The average molecular weight is 276 g/mol. The first-order valence-corrected chi connectivity index (χ1v) is 6.84. The van der Waals surface area contributed by atoms with Gasteiger partial charge in [-0.1, -0.05) is 12.1 Å². The number of anilines is 1. The van der Waals surface area contributed by atoms with Crippen LogP contribution in [0.1, 0.15) is 24.8 Å². The van der Waals surface area contributed by atoms with E-state index >= 15 is 0 Å². The SMILES string of the molecule is COCCC(=O)Nc1ccc(CC(=O)NC2CC2)cc1. The van der Waals surface area contributed by atoms with Crippen molar-refractivity contribution in [1.29, 1.82) is 0 Å². The van der Waals surface area contributed by atoms with Crippen LogP contribution in [0, 0.1) is 0 Å². The Kier molecular flexibility index (Phi) is 5.12. The summed E-state index contributed by atoms with van der Waals surface area (Å²) in [6.45, 7) is 0.408. The van der Waals surface area contributed by atoms with E-state index in [0.29, 0.717) is 25.5 Å². The smallest absolute Gasteiger partial charge is 0.226 e. The number of rotatable bonds is 7. The largest absolute Gasteiger partial charge is 0.384 e. The van der Waals surface area contributed by atoms with Crippen molar-refractivity contribution in [3.63, 3.8) is 0 Å². The zero-order valence-electron chi connectivity index (χ0n) is 11.6. The quantitative estimate of drug-likeness (QED) is 0.792. The maximum Gasteiger partial charge on any atom is 0.226 e. The fourth-order valence-corrected chi connectivity index (χ4v) is 1.82. The van der Waals surface area contributed by atoms with Crippen LogP contribution in [0.2, 0.25) is 0 Å². The molecule has 1 aliphatic rings. The first-order chi connectivity index (χ1) is 9.67. The Hall–Kier alpha value is -1.88. The van der Waals surface area contributed by atoms with E-state index in [1.165, 1.54) is 0 Å². The lowest BCUT2D eigenvalue weighted by Gasteiger charge is -2.07. The molecule has 108 valence electrons. The van der Waals surface area contributed by atoms with Gasteiger partial charge in [0, 0.05) is 18.8 Å². The average Bonchev–Trinajstić information content (AvgIpc) is 3.22. The summed E-state index contributed by atoms with van der Waals surface area (Å²) >= 11 is 0. The van der Waals surface area contributed by atoms with Crippen molar-refractivity contribution in [2.24, 2.45) is 0 Å². The van der Waals surface area contributed by atoms with Gasteiger partial charge in [-0.3, -0.25) is 9.59 Å². The summed E-state index contributed by atoms with van der Waals surface area (Å²) in [6.07, 6.45) is 2.91. The van der Waals surface area contributed by atoms with Crippen LogP contribution < -0.4 is 10.6 Å². The molecule has 1 saturated carbocycles. The van der Waals surface area contributed by atoms with E-state index in [1.807, 2.05) is 24.3 Å². The molecule has 0 heterocycles. The fraction of sp³-hybridized carbons (Fsp3) is 0.467. The van der Waals surface area contributed by atoms with Gasteiger partial charge in [-0.05, 0) is 30.5 Å². The van der Waals surface area contributed by atoms with Crippen LogP contribution in [0.15, 0.2) is 24.3 Å². The molecule has 0 aromatic heterocycles. The zero-order valence-corrected chi connectivity index (χ0v) is 11.6. The molecule has 0 unspecified atom stereocenters. The predicted molar refractivity (Wildman–Crippen MR) is 76.4 cm³/mol. The molecule has 2 rings (SSSR count). The van der Waals surface area contributed by atoms with Crippen LogP contribution in [0.25, 0.3) is 0 Å². The van der Waals surface area contributed by atoms with Crippen molar-refractivity contribution in [1.82, 2.24) is 5.32 Å². The zero-order chi connectivity index (χ0) is 14.4. The lowest BCUT2D eigenvalue weighted by molar-refractivity contribution is -0.120. The van der Waals surface area contributed by atoms with Gasteiger partial charge in [-0.2, -0.15) is 0 Å². The molecule has 0 spiro atoms. The van der Waals surface area contributed by atoms with Gasteiger partial charge in [0.05, 0.1) is 19.4 Å². The van der Waals surface area contributed by atoms with Crippen molar-refractivity contribution in [2.45, 2.75) is 31.7 Å². The number of carbonyl (C=O) groups excluding carboxylic acids is 2. The highest BCUT2D eigenvalue weighted by atomic mass is 16.5. The number of benzene rings is 1. The maximum absolute atomic E-state index is 11.6. The van der Waals surface area contributed by atoms with Crippen LogP contribution >= 0.6 is 0 Å². The second kappa shape index (κ2) is 7.05. The van der Waals surface area contributed by atoms with E-state index in [0.717, 1.165) is 24.1 Å². The van der Waals surface area contributed by atoms with Gasteiger partial charge in [0.2, 0.25) is 11.8 Å². The summed E-state index contributed by atoms with van der Waals surface area (Å²) < 4.78 is 4.84. The first-order valence-electron chi connectivity index (χ1n) is 6.84. The van der Waals surface area contributed by atoms with Crippen LogP contribution in [-0.2, 0) is 20.7 Å². The van der Waals surface area contributed by atoms with E-state index in [4.69, 9.17) is 4.74 Å². The van der Waals surface area contributed by atoms with Crippen LogP contribution in [0.5, 0.6) is 0 Å². The second-order valence-corrected chi connectivity index (χ2v) is 5.01. The minimum absolute atomic E-state index is 0.0596. The number of hydrogen-bond acceptors (Lipinski definition) is 3. The number of nitrogens with one attached hydrogen (secondary N) is 2. The minimum Gasteiger partial charge on any atom is -0.384 e. The molecule has 0 bridgehead atoms. The van der Waals surface area contributed by atoms with Gasteiger partial charge in [0.25, 0.3) is 0 Å². The monoisotopic (exact) mass is 276 g/mol. The third kappa shape index (κ3) is 5.01. The van der Waals surface area contributed by atoms with E-state index in [9.17, 15) is 9.59 Å².